The molecular formula is C17H28N4O. The van der Waals surface area contributed by atoms with E-state index in [9.17, 15) is 5.21 Å². The summed E-state index contributed by atoms with van der Waals surface area (Å²) in [5, 5.41) is 9.31. The van der Waals surface area contributed by atoms with Crippen LogP contribution in [0, 0.1) is 12.3 Å². The summed E-state index contributed by atoms with van der Waals surface area (Å²) in [5.74, 6) is 0.424. The predicted octanol–water partition coefficient (Wildman–Crippen LogP) is 3.90. The van der Waals surface area contributed by atoms with Crippen LogP contribution in [-0.4, -0.2) is 23.8 Å². The molecule has 0 saturated carbocycles. The zero-order chi connectivity index (χ0) is 16.0. The highest BCUT2D eigenvalue weighted by atomic mass is 16.5. The molecule has 0 aliphatic heterocycles. The van der Waals surface area contributed by atoms with Crippen molar-refractivity contribution in [1.29, 1.82) is 0 Å². The average molecular weight is 304 g/mol. The SMILES string of the molecule is CN=C(/C=C(\C)N=C(NO)c1ccc(C)cc1)C(C)(C)C.N. The lowest BCUT2D eigenvalue weighted by molar-refractivity contribution is 0.235. The average Bonchev–Trinajstić information content (AvgIpc) is 2.42. The monoisotopic (exact) mass is 304 g/mol. The van der Waals surface area contributed by atoms with E-state index in [4.69, 9.17) is 0 Å². The summed E-state index contributed by atoms with van der Waals surface area (Å²) in [6.45, 7) is 10.2. The van der Waals surface area contributed by atoms with Gasteiger partial charge in [-0.1, -0.05) is 50.6 Å². The second kappa shape index (κ2) is 8.46. The molecule has 0 amide bonds. The third-order valence-corrected chi connectivity index (χ3v) is 3.07. The molecule has 0 radical (unpaired) electrons. The van der Waals surface area contributed by atoms with Gasteiger partial charge >= 0.3 is 0 Å². The maximum Gasteiger partial charge on any atom is 0.157 e. The number of allylic oxidation sites excluding steroid dienone is 2. The number of aryl methyl sites for hydroxylation is 1. The van der Waals surface area contributed by atoms with Gasteiger partial charge in [0.1, 0.15) is 0 Å². The molecule has 122 valence electrons. The van der Waals surface area contributed by atoms with E-state index in [2.05, 4.69) is 36.2 Å². The maximum absolute atomic E-state index is 9.31. The molecule has 22 heavy (non-hydrogen) atoms. The molecule has 0 spiro atoms. The number of amidine groups is 1. The molecule has 0 fully saturated rings. The summed E-state index contributed by atoms with van der Waals surface area (Å²) in [6, 6.07) is 7.80. The molecule has 5 N–H and O–H groups in total. The van der Waals surface area contributed by atoms with E-state index < -0.39 is 0 Å². The van der Waals surface area contributed by atoms with Crippen molar-refractivity contribution in [3.8, 4) is 0 Å². The molecule has 5 nitrogen and oxygen atoms in total. The zero-order valence-corrected chi connectivity index (χ0v) is 14.4. The van der Waals surface area contributed by atoms with Gasteiger partial charge in [0.05, 0.1) is 0 Å². The normalized spacial score (nSPS) is 13.7. The number of nitrogens with zero attached hydrogens (tertiary/aromatic N) is 2. The Balaban J connectivity index is 0.00000441. The van der Waals surface area contributed by atoms with E-state index in [1.807, 2.05) is 44.2 Å². The van der Waals surface area contributed by atoms with Crippen LogP contribution in [0.2, 0.25) is 0 Å². The molecule has 0 aliphatic carbocycles. The first-order valence-corrected chi connectivity index (χ1v) is 6.99. The first-order chi connectivity index (χ1) is 9.77. The molecule has 0 saturated heterocycles. The van der Waals surface area contributed by atoms with Crippen molar-refractivity contribution in [3.05, 3.63) is 47.2 Å². The summed E-state index contributed by atoms with van der Waals surface area (Å²) in [7, 11) is 1.78. The first-order valence-electron chi connectivity index (χ1n) is 6.99. The predicted molar refractivity (Wildman–Crippen MR) is 94.2 cm³/mol. The lowest BCUT2D eigenvalue weighted by Crippen LogP contribution is -2.21. The van der Waals surface area contributed by atoms with Crippen molar-refractivity contribution < 1.29 is 5.21 Å². The van der Waals surface area contributed by atoms with Crippen molar-refractivity contribution in [1.82, 2.24) is 11.6 Å². The fourth-order valence-corrected chi connectivity index (χ4v) is 1.89. The van der Waals surface area contributed by atoms with Crippen LogP contribution in [-0.2, 0) is 0 Å². The lowest BCUT2D eigenvalue weighted by Gasteiger charge is -2.18. The number of aliphatic imine (C=N–C) groups is 2. The van der Waals surface area contributed by atoms with Gasteiger partial charge in [-0.2, -0.15) is 0 Å². The van der Waals surface area contributed by atoms with Crippen LogP contribution < -0.4 is 11.6 Å². The Labute approximate surface area is 133 Å². The zero-order valence-electron chi connectivity index (χ0n) is 14.4. The number of hydroxylamine groups is 1. The molecular weight excluding hydrogens is 276 g/mol. The van der Waals surface area contributed by atoms with Gasteiger partial charge in [-0.05, 0) is 19.9 Å². The summed E-state index contributed by atoms with van der Waals surface area (Å²) >= 11 is 0. The standard InChI is InChI=1S/C17H25N3O.H3N/c1-12-7-9-14(10-8-12)16(20-21)19-13(2)11-15(18-6)17(3,4)5;/h7-11,21H,1-6H3,(H,19,20);1H3/b13-11+,18-15?;. The van der Waals surface area contributed by atoms with Gasteiger partial charge in [0, 0.05) is 29.4 Å². The number of hydrogen-bond donors (Lipinski definition) is 3. The molecule has 0 atom stereocenters. The minimum Gasteiger partial charge on any atom is -0.344 e. The minimum absolute atomic E-state index is 0. The summed E-state index contributed by atoms with van der Waals surface area (Å²) < 4.78 is 0. The van der Waals surface area contributed by atoms with E-state index >= 15 is 0 Å². The van der Waals surface area contributed by atoms with Gasteiger partial charge in [0.2, 0.25) is 0 Å². The topological polar surface area (TPSA) is 92.0 Å². The van der Waals surface area contributed by atoms with Crippen LogP contribution in [0.5, 0.6) is 0 Å². The van der Waals surface area contributed by atoms with E-state index in [0.29, 0.717) is 5.84 Å². The molecule has 1 aromatic rings. The Morgan fingerprint density at radius 1 is 1.18 bits per heavy atom. The lowest BCUT2D eigenvalue weighted by atomic mass is 9.89. The van der Waals surface area contributed by atoms with Gasteiger partial charge in [0.25, 0.3) is 0 Å². The van der Waals surface area contributed by atoms with Crippen molar-refractivity contribution in [2.24, 2.45) is 15.4 Å². The largest absolute Gasteiger partial charge is 0.344 e. The fraction of sp³-hybridized carbons (Fsp3) is 0.412. The summed E-state index contributed by atoms with van der Waals surface area (Å²) in [4.78, 5) is 8.74. The number of hydrogen-bond acceptors (Lipinski definition) is 4. The Hall–Kier alpha value is -1.98. The van der Waals surface area contributed by atoms with Crippen LogP contribution in [0.3, 0.4) is 0 Å². The molecule has 1 rings (SSSR count). The molecule has 0 unspecified atom stereocenters. The minimum atomic E-state index is -0.0395. The summed E-state index contributed by atoms with van der Waals surface area (Å²) in [5.41, 5.74) is 5.87. The quantitative estimate of drug-likeness (QED) is 0.449. The van der Waals surface area contributed by atoms with Crippen molar-refractivity contribution in [2.75, 3.05) is 7.05 Å². The van der Waals surface area contributed by atoms with Crippen molar-refractivity contribution >= 4 is 11.5 Å². The molecule has 5 heteroatoms. The van der Waals surface area contributed by atoms with Crippen LogP contribution in [0.1, 0.15) is 38.8 Å². The van der Waals surface area contributed by atoms with Crippen LogP contribution in [0.15, 0.2) is 46.0 Å². The van der Waals surface area contributed by atoms with E-state index in [0.717, 1.165) is 22.5 Å². The Morgan fingerprint density at radius 2 is 1.73 bits per heavy atom. The Kier molecular flexibility index (Phi) is 7.70. The van der Waals surface area contributed by atoms with Crippen LogP contribution in [0.4, 0.5) is 0 Å². The van der Waals surface area contributed by atoms with Gasteiger partial charge < -0.3 is 6.15 Å². The number of rotatable bonds is 3. The van der Waals surface area contributed by atoms with E-state index in [1.54, 1.807) is 7.05 Å². The van der Waals surface area contributed by atoms with E-state index in [1.165, 1.54) is 0 Å². The van der Waals surface area contributed by atoms with Gasteiger partial charge in [-0.15, -0.1) is 0 Å². The molecule has 0 aromatic heterocycles. The van der Waals surface area contributed by atoms with Gasteiger partial charge in [-0.3, -0.25) is 15.7 Å². The molecule has 0 aliphatic rings. The van der Waals surface area contributed by atoms with Gasteiger partial charge in [-0.25, -0.2) is 4.99 Å². The number of nitrogens with one attached hydrogen (secondary N) is 1. The summed E-state index contributed by atoms with van der Waals surface area (Å²) in [6.07, 6.45) is 1.94. The third kappa shape index (κ3) is 5.79. The first kappa shape index (κ1) is 20.0. The second-order valence-electron chi connectivity index (χ2n) is 6.08. The molecule has 1 aromatic carbocycles. The highest BCUT2D eigenvalue weighted by Gasteiger charge is 2.16. The molecule has 0 heterocycles. The van der Waals surface area contributed by atoms with Crippen molar-refractivity contribution in [2.45, 2.75) is 34.6 Å². The number of benzene rings is 1. The van der Waals surface area contributed by atoms with Crippen LogP contribution >= 0.6 is 0 Å². The van der Waals surface area contributed by atoms with Gasteiger partial charge in [0.15, 0.2) is 5.84 Å². The second-order valence-corrected chi connectivity index (χ2v) is 6.08. The molecule has 0 bridgehead atoms. The van der Waals surface area contributed by atoms with Crippen molar-refractivity contribution in [3.63, 3.8) is 0 Å². The Bertz CT molecular complexity index is 563. The highest BCUT2D eigenvalue weighted by Crippen LogP contribution is 2.18. The third-order valence-electron chi connectivity index (χ3n) is 3.07. The fourth-order valence-electron chi connectivity index (χ4n) is 1.89. The van der Waals surface area contributed by atoms with Crippen LogP contribution in [0.25, 0.3) is 0 Å². The van der Waals surface area contributed by atoms with E-state index in [-0.39, 0.29) is 11.6 Å². The smallest absolute Gasteiger partial charge is 0.157 e. The highest BCUT2D eigenvalue weighted by molar-refractivity contribution is 6.01. The maximum atomic E-state index is 9.31. The Morgan fingerprint density at radius 3 is 2.14 bits per heavy atom.